The summed E-state index contributed by atoms with van der Waals surface area (Å²) in [6.07, 6.45) is 6.26. The summed E-state index contributed by atoms with van der Waals surface area (Å²) in [6, 6.07) is 3.45. The van der Waals surface area contributed by atoms with Gasteiger partial charge in [0.25, 0.3) is 5.56 Å². The zero-order valence-corrected chi connectivity index (χ0v) is 24.2. The van der Waals surface area contributed by atoms with Crippen LogP contribution in [-0.2, 0) is 10.0 Å². The fourth-order valence-corrected chi connectivity index (χ4v) is 5.94. The molecule has 1 aliphatic carbocycles. The van der Waals surface area contributed by atoms with E-state index in [4.69, 9.17) is 0 Å². The molecule has 0 amide bonds. The van der Waals surface area contributed by atoms with E-state index in [0.717, 1.165) is 25.7 Å². The van der Waals surface area contributed by atoms with Gasteiger partial charge in [-0.2, -0.15) is 4.98 Å². The molecule has 0 unspecified atom stereocenters. The first-order chi connectivity index (χ1) is 18.7. The van der Waals surface area contributed by atoms with Crippen LogP contribution < -0.4 is 15.6 Å². The molecule has 0 aromatic carbocycles. The minimum absolute atomic E-state index is 0.0493. The second kappa shape index (κ2) is 11.7. The van der Waals surface area contributed by atoms with E-state index in [1.807, 2.05) is 13.8 Å². The maximum Gasteiger partial charge on any atom is 0.279 e. The molecule has 4 rings (SSSR count). The Hall–Kier alpha value is -3.26. The van der Waals surface area contributed by atoms with Gasteiger partial charge in [0.05, 0.1) is 11.9 Å². The third-order valence-electron chi connectivity index (χ3n) is 7.02. The summed E-state index contributed by atoms with van der Waals surface area (Å²) in [7, 11) is 0.181. The van der Waals surface area contributed by atoms with Crippen molar-refractivity contribution >= 4 is 33.0 Å². The van der Waals surface area contributed by atoms with E-state index in [-0.39, 0.29) is 29.2 Å². The van der Waals surface area contributed by atoms with Gasteiger partial charge in [-0.3, -0.25) is 14.1 Å². The van der Waals surface area contributed by atoms with Crippen molar-refractivity contribution in [2.45, 2.75) is 76.9 Å². The minimum Gasteiger partial charge on any atom is -0.351 e. The van der Waals surface area contributed by atoms with Gasteiger partial charge in [0.2, 0.25) is 21.9 Å². The number of hydrogen-bond donors (Lipinski definition) is 2. The lowest BCUT2D eigenvalue weighted by molar-refractivity contribution is 0.0189. The molecule has 40 heavy (non-hydrogen) atoms. The van der Waals surface area contributed by atoms with E-state index >= 15 is 0 Å². The molecule has 0 saturated heterocycles. The Kier molecular flexibility index (Phi) is 8.69. The molecule has 1 saturated carbocycles. The molecule has 14 heteroatoms. The van der Waals surface area contributed by atoms with Crippen molar-refractivity contribution in [1.82, 2.24) is 29.4 Å². The summed E-state index contributed by atoms with van der Waals surface area (Å²) in [4.78, 5) is 33.5. The number of nitrogens with zero attached hydrogens (tertiary/aromatic N) is 6. The maximum atomic E-state index is 13.5. The van der Waals surface area contributed by atoms with E-state index in [1.165, 1.54) is 18.3 Å². The molecule has 0 aliphatic heterocycles. The van der Waals surface area contributed by atoms with E-state index in [9.17, 15) is 22.0 Å². The van der Waals surface area contributed by atoms with Crippen LogP contribution in [0.15, 0.2) is 29.3 Å². The van der Waals surface area contributed by atoms with Crippen LogP contribution in [0.3, 0.4) is 0 Å². The van der Waals surface area contributed by atoms with Crippen LogP contribution in [-0.4, -0.2) is 75.7 Å². The lowest BCUT2D eigenvalue weighted by Crippen LogP contribution is -2.36. The Morgan fingerprint density at radius 1 is 1.10 bits per heavy atom. The van der Waals surface area contributed by atoms with Gasteiger partial charge in [0.15, 0.2) is 5.65 Å². The Morgan fingerprint density at radius 2 is 1.80 bits per heavy atom. The monoisotopic (exact) mass is 578 g/mol. The number of sulfonamides is 1. The maximum absolute atomic E-state index is 13.5. The molecule has 0 spiro atoms. The molecular weight excluding hydrogens is 542 g/mol. The molecule has 2 N–H and O–H groups in total. The normalized spacial score (nSPS) is 18.4. The highest BCUT2D eigenvalue weighted by molar-refractivity contribution is 7.92. The van der Waals surface area contributed by atoms with E-state index in [0.29, 0.717) is 35.6 Å². The number of halogens is 2. The highest BCUT2D eigenvalue weighted by Crippen LogP contribution is 2.25. The molecule has 218 valence electrons. The number of alkyl halides is 2. The number of hydrogen-bond acceptors (Lipinski definition) is 9. The van der Waals surface area contributed by atoms with Crippen molar-refractivity contribution < 1.29 is 17.2 Å². The van der Waals surface area contributed by atoms with Gasteiger partial charge in [-0.05, 0) is 72.7 Å². The molecule has 0 bridgehead atoms. The average Bonchev–Trinajstić information content (AvgIpc) is 2.87. The SMILES string of the molecule is CC(C)n1c(=O)c(-c2ccc(NS(=O)(=O)CCC(C)(F)F)nc2)nc2cnc(NC3CCC(N(C)C)CC3)nc21. The van der Waals surface area contributed by atoms with E-state index in [2.05, 4.69) is 49.0 Å². The van der Waals surface area contributed by atoms with Gasteiger partial charge in [-0.25, -0.2) is 32.2 Å². The number of anilines is 2. The lowest BCUT2D eigenvalue weighted by Gasteiger charge is -2.32. The Labute approximate surface area is 232 Å². The predicted molar refractivity (Wildman–Crippen MR) is 151 cm³/mol. The average molecular weight is 579 g/mol. The number of fused-ring (bicyclic) bond motifs is 1. The minimum atomic E-state index is -4.02. The van der Waals surface area contributed by atoms with Crippen LogP contribution in [0, 0.1) is 0 Å². The molecule has 3 aromatic heterocycles. The van der Waals surface area contributed by atoms with Crippen LogP contribution in [0.2, 0.25) is 0 Å². The Morgan fingerprint density at radius 3 is 2.38 bits per heavy atom. The van der Waals surface area contributed by atoms with Gasteiger partial charge in [-0.15, -0.1) is 0 Å². The summed E-state index contributed by atoms with van der Waals surface area (Å²) in [6.45, 7) is 4.41. The van der Waals surface area contributed by atoms with Crippen LogP contribution in [0.1, 0.15) is 58.9 Å². The molecule has 0 atom stereocenters. The standard InChI is InChI=1S/C26H36F2N8O3S/c1-16(2)36-23-20(15-30-25(33-23)31-18-7-9-19(10-8-18)35(4)5)32-22(24(36)37)17-6-11-21(29-14-17)34-40(38,39)13-12-26(3,27)28/h6,11,14-16,18-19H,7-10,12-13H2,1-5H3,(H,29,34)(H,30,31,33). The van der Waals surface area contributed by atoms with E-state index < -0.39 is 28.1 Å². The third kappa shape index (κ3) is 7.27. The Bertz CT molecular complexity index is 1500. The van der Waals surface area contributed by atoms with Crippen molar-refractivity contribution in [1.29, 1.82) is 0 Å². The molecule has 3 aromatic rings. The molecule has 0 radical (unpaired) electrons. The van der Waals surface area contributed by atoms with Gasteiger partial charge < -0.3 is 10.2 Å². The molecular formula is C26H36F2N8O3S. The largest absolute Gasteiger partial charge is 0.351 e. The first kappa shape index (κ1) is 29.7. The first-order valence-electron chi connectivity index (χ1n) is 13.3. The quantitative estimate of drug-likeness (QED) is 0.367. The van der Waals surface area contributed by atoms with Gasteiger partial charge in [0.1, 0.15) is 17.0 Å². The van der Waals surface area contributed by atoms with Crippen molar-refractivity contribution in [2.24, 2.45) is 0 Å². The summed E-state index contributed by atoms with van der Waals surface area (Å²) in [5, 5.41) is 3.41. The second-order valence-electron chi connectivity index (χ2n) is 10.9. The highest BCUT2D eigenvalue weighted by atomic mass is 32.2. The zero-order valence-electron chi connectivity index (χ0n) is 23.4. The second-order valence-corrected chi connectivity index (χ2v) is 12.8. The Balaban J connectivity index is 1.57. The number of aromatic nitrogens is 5. The van der Waals surface area contributed by atoms with Gasteiger partial charge in [0, 0.05) is 36.3 Å². The zero-order chi connectivity index (χ0) is 29.2. The van der Waals surface area contributed by atoms with Crippen LogP contribution in [0.5, 0.6) is 0 Å². The number of pyridine rings is 1. The summed E-state index contributed by atoms with van der Waals surface area (Å²) >= 11 is 0. The van der Waals surface area contributed by atoms with Gasteiger partial charge >= 0.3 is 0 Å². The smallest absolute Gasteiger partial charge is 0.279 e. The van der Waals surface area contributed by atoms with E-state index in [1.54, 1.807) is 10.8 Å². The fraction of sp³-hybridized carbons (Fsp3) is 0.577. The number of rotatable bonds is 10. The van der Waals surface area contributed by atoms with Crippen molar-refractivity contribution in [3.8, 4) is 11.3 Å². The van der Waals surface area contributed by atoms with Crippen LogP contribution in [0.4, 0.5) is 20.5 Å². The topological polar surface area (TPSA) is 135 Å². The van der Waals surface area contributed by atoms with Crippen molar-refractivity contribution in [2.75, 3.05) is 29.9 Å². The third-order valence-corrected chi connectivity index (χ3v) is 8.28. The first-order valence-corrected chi connectivity index (χ1v) is 14.9. The molecule has 3 heterocycles. The fourth-order valence-electron chi connectivity index (χ4n) is 4.78. The van der Waals surface area contributed by atoms with Crippen LogP contribution in [0.25, 0.3) is 22.4 Å². The molecule has 11 nitrogen and oxygen atoms in total. The number of nitrogens with one attached hydrogen (secondary N) is 2. The summed E-state index contributed by atoms with van der Waals surface area (Å²) in [5.74, 6) is -3.45. The van der Waals surface area contributed by atoms with Gasteiger partial charge in [-0.1, -0.05) is 0 Å². The molecule has 1 fully saturated rings. The predicted octanol–water partition coefficient (Wildman–Crippen LogP) is 3.90. The van der Waals surface area contributed by atoms with Crippen molar-refractivity contribution in [3.05, 3.63) is 34.9 Å². The molecule has 1 aliphatic rings. The summed E-state index contributed by atoms with van der Waals surface area (Å²) < 4.78 is 54.2. The lowest BCUT2D eigenvalue weighted by atomic mass is 9.91. The van der Waals surface area contributed by atoms with Crippen LogP contribution >= 0.6 is 0 Å². The summed E-state index contributed by atoms with van der Waals surface area (Å²) in [5.41, 5.74) is 0.937. The van der Waals surface area contributed by atoms with Crippen molar-refractivity contribution in [3.63, 3.8) is 0 Å². The highest BCUT2D eigenvalue weighted by Gasteiger charge is 2.26.